The summed E-state index contributed by atoms with van der Waals surface area (Å²) < 4.78 is 0. The Hall–Kier alpha value is -2.70. The molecule has 2 aliphatic rings. The second-order valence-corrected chi connectivity index (χ2v) is 6.15. The SMILES string of the molecule is O=C(O)C1CCN(C(=O)c2ccc(CN3C(=O)CCC3=O)cc2)C1. The lowest BCUT2D eigenvalue weighted by molar-refractivity contribution is -0.141. The first kappa shape index (κ1) is 16.2. The zero-order chi connectivity index (χ0) is 17.3. The van der Waals surface area contributed by atoms with Gasteiger partial charge in [-0.25, -0.2) is 0 Å². The highest BCUT2D eigenvalue weighted by molar-refractivity contribution is 6.01. The molecule has 7 nitrogen and oxygen atoms in total. The molecule has 2 saturated heterocycles. The molecule has 0 saturated carbocycles. The number of amides is 3. The Morgan fingerprint density at radius 3 is 2.25 bits per heavy atom. The average molecular weight is 330 g/mol. The summed E-state index contributed by atoms with van der Waals surface area (Å²) in [5.41, 5.74) is 1.25. The molecule has 1 atom stereocenters. The van der Waals surface area contributed by atoms with Gasteiger partial charge in [0.15, 0.2) is 0 Å². The van der Waals surface area contributed by atoms with Gasteiger partial charge in [0, 0.05) is 31.5 Å². The molecule has 1 aromatic carbocycles. The van der Waals surface area contributed by atoms with E-state index in [0.29, 0.717) is 18.5 Å². The Kier molecular flexibility index (Phi) is 4.33. The van der Waals surface area contributed by atoms with Crippen molar-refractivity contribution in [3.8, 4) is 0 Å². The summed E-state index contributed by atoms with van der Waals surface area (Å²) in [4.78, 5) is 49.4. The fraction of sp³-hybridized carbons (Fsp3) is 0.412. The quantitative estimate of drug-likeness (QED) is 0.827. The van der Waals surface area contributed by atoms with Gasteiger partial charge in [-0.3, -0.25) is 24.1 Å². The molecule has 0 bridgehead atoms. The number of hydrogen-bond acceptors (Lipinski definition) is 4. The number of nitrogens with zero attached hydrogens (tertiary/aromatic N) is 2. The van der Waals surface area contributed by atoms with E-state index in [1.165, 1.54) is 4.90 Å². The van der Waals surface area contributed by atoms with Crippen LogP contribution in [0.25, 0.3) is 0 Å². The van der Waals surface area contributed by atoms with Crippen molar-refractivity contribution >= 4 is 23.7 Å². The second-order valence-electron chi connectivity index (χ2n) is 6.15. The van der Waals surface area contributed by atoms with E-state index in [2.05, 4.69) is 0 Å². The predicted molar refractivity (Wildman–Crippen MR) is 82.9 cm³/mol. The summed E-state index contributed by atoms with van der Waals surface area (Å²) in [6.45, 7) is 0.887. The number of carboxylic acid groups (broad SMARTS) is 1. The van der Waals surface area contributed by atoms with Crippen LogP contribution in [-0.4, -0.2) is 51.7 Å². The maximum Gasteiger partial charge on any atom is 0.308 e. The van der Waals surface area contributed by atoms with Crippen LogP contribution in [0.2, 0.25) is 0 Å². The molecule has 2 fully saturated rings. The van der Waals surface area contributed by atoms with Gasteiger partial charge in [-0.2, -0.15) is 0 Å². The summed E-state index contributed by atoms with van der Waals surface area (Å²) >= 11 is 0. The minimum atomic E-state index is -0.874. The van der Waals surface area contributed by atoms with Gasteiger partial charge in [-0.15, -0.1) is 0 Å². The largest absolute Gasteiger partial charge is 0.481 e. The van der Waals surface area contributed by atoms with Gasteiger partial charge in [-0.1, -0.05) is 12.1 Å². The summed E-state index contributed by atoms with van der Waals surface area (Å²) in [7, 11) is 0. The molecule has 0 radical (unpaired) electrons. The highest BCUT2D eigenvalue weighted by atomic mass is 16.4. The number of carbonyl (C=O) groups is 4. The normalized spacial score (nSPS) is 20.8. The Morgan fingerprint density at radius 2 is 1.71 bits per heavy atom. The van der Waals surface area contributed by atoms with Crippen LogP contribution in [0.15, 0.2) is 24.3 Å². The fourth-order valence-electron chi connectivity index (χ4n) is 3.06. The molecule has 3 rings (SSSR count). The van der Waals surface area contributed by atoms with E-state index in [1.807, 2.05) is 0 Å². The summed E-state index contributed by atoms with van der Waals surface area (Å²) in [5, 5.41) is 9.00. The zero-order valence-corrected chi connectivity index (χ0v) is 13.1. The van der Waals surface area contributed by atoms with Gasteiger partial charge < -0.3 is 10.0 Å². The number of imide groups is 1. The standard InChI is InChI=1S/C17H18N2O5/c20-14-5-6-15(21)19(14)9-11-1-3-12(4-2-11)16(22)18-8-7-13(10-18)17(23)24/h1-4,13H,5-10H2,(H,23,24). The number of likely N-dealkylation sites (tertiary alicyclic amines) is 2. The molecule has 0 spiro atoms. The first-order chi connectivity index (χ1) is 11.5. The van der Waals surface area contributed by atoms with Crippen molar-refractivity contribution in [2.24, 2.45) is 5.92 Å². The molecular formula is C17H18N2O5. The molecule has 0 aromatic heterocycles. The van der Waals surface area contributed by atoms with Gasteiger partial charge in [0.05, 0.1) is 12.5 Å². The minimum Gasteiger partial charge on any atom is -0.481 e. The van der Waals surface area contributed by atoms with Crippen LogP contribution in [0, 0.1) is 5.92 Å². The van der Waals surface area contributed by atoms with Gasteiger partial charge in [0.1, 0.15) is 0 Å². The van der Waals surface area contributed by atoms with Crippen molar-refractivity contribution in [2.75, 3.05) is 13.1 Å². The number of carbonyl (C=O) groups excluding carboxylic acids is 3. The molecular weight excluding hydrogens is 312 g/mol. The molecule has 24 heavy (non-hydrogen) atoms. The van der Waals surface area contributed by atoms with E-state index in [1.54, 1.807) is 29.2 Å². The van der Waals surface area contributed by atoms with Crippen LogP contribution >= 0.6 is 0 Å². The maximum atomic E-state index is 12.4. The third-order valence-electron chi connectivity index (χ3n) is 4.52. The summed E-state index contributed by atoms with van der Waals surface area (Å²) in [6.07, 6.45) is 0.989. The van der Waals surface area contributed by atoms with Crippen molar-refractivity contribution in [3.05, 3.63) is 35.4 Å². The third kappa shape index (κ3) is 3.15. The minimum absolute atomic E-state index is 0.170. The topological polar surface area (TPSA) is 95.0 Å². The van der Waals surface area contributed by atoms with E-state index in [0.717, 1.165) is 5.56 Å². The van der Waals surface area contributed by atoms with Crippen LogP contribution in [0.3, 0.4) is 0 Å². The first-order valence-corrected chi connectivity index (χ1v) is 7.90. The number of carboxylic acids is 1. The lowest BCUT2D eigenvalue weighted by Gasteiger charge is -2.17. The lowest BCUT2D eigenvalue weighted by Crippen LogP contribution is -2.30. The second kappa shape index (κ2) is 6.43. The average Bonchev–Trinajstić information content (AvgIpc) is 3.18. The fourth-order valence-corrected chi connectivity index (χ4v) is 3.06. The maximum absolute atomic E-state index is 12.4. The number of benzene rings is 1. The van der Waals surface area contributed by atoms with Gasteiger partial charge in [0.2, 0.25) is 11.8 Å². The zero-order valence-electron chi connectivity index (χ0n) is 13.1. The van der Waals surface area contributed by atoms with Crippen molar-refractivity contribution < 1.29 is 24.3 Å². The van der Waals surface area contributed by atoms with Gasteiger partial charge in [-0.05, 0) is 24.1 Å². The van der Waals surface area contributed by atoms with Crippen LogP contribution < -0.4 is 0 Å². The van der Waals surface area contributed by atoms with Gasteiger partial charge >= 0.3 is 5.97 Å². The molecule has 2 heterocycles. The number of hydrogen-bond donors (Lipinski definition) is 1. The molecule has 0 aliphatic carbocycles. The monoisotopic (exact) mass is 330 g/mol. The van der Waals surface area contributed by atoms with Crippen molar-refractivity contribution in [2.45, 2.75) is 25.8 Å². The van der Waals surface area contributed by atoms with Crippen molar-refractivity contribution in [3.63, 3.8) is 0 Å². The summed E-state index contributed by atoms with van der Waals surface area (Å²) in [6, 6.07) is 6.74. The van der Waals surface area contributed by atoms with Gasteiger partial charge in [0.25, 0.3) is 5.91 Å². The first-order valence-electron chi connectivity index (χ1n) is 7.90. The third-order valence-corrected chi connectivity index (χ3v) is 4.52. The Bertz CT molecular complexity index is 681. The number of rotatable bonds is 4. The Labute approximate surface area is 138 Å². The van der Waals surface area contributed by atoms with E-state index in [9.17, 15) is 19.2 Å². The molecule has 3 amide bonds. The smallest absolute Gasteiger partial charge is 0.308 e. The van der Waals surface area contributed by atoms with E-state index >= 15 is 0 Å². The van der Waals surface area contributed by atoms with E-state index in [4.69, 9.17) is 5.11 Å². The van der Waals surface area contributed by atoms with Crippen LogP contribution in [0.1, 0.15) is 35.2 Å². The van der Waals surface area contributed by atoms with Crippen molar-refractivity contribution in [1.82, 2.24) is 9.80 Å². The highest BCUT2D eigenvalue weighted by Gasteiger charge is 2.31. The Morgan fingerprint density at radius 1 is 1.08 bits per heavy atom. The van der Waals surface area contributed by atoms with Crippen molar-refractivity contribution in [1.29, 1.82) is 0 Å². The van der Waals surface area contributed by atoms with E-state index in [-0.39, 0.29) is 43.7 Å². The molecule has 1 unspecified atom stereocenters. The van der Waals surface area contributed by atoms with Crippen LogP contribution in [0.4, 0.5) is 0 Å². The molecule has 126 valence electrons. The Balaban J connectivity index is 1.64. The van der Waals surface area contributed by atoms with Crippen LogP contribution in [-0.2, 0) is 20.9 Å². The lowest BCUT2D eigenvalue weighted by atomic mass is 10.1. The van der Waals surface area contributed by atoms with Crippen LogP contribution in [0.5, 0.6) is 0 Å². The predicted octanol–water partition coefficient (Wildman–Crippen LogP) is 0.882. The molecule has 1 N–H and O–H groups in total. The number of aliphatic carboxylic acids is 1. The highest BCUT2D eigenvalue weighted by Crippen LogP contribution is 2.20. The van der Waals surface area contributed by atoms with E-state index < -0.39 is 11.9 Å². The molecule has 1 aromatic rings. The molecule has 7 heteroatoms. The summed E-state index contributed by atoms with van der Waals surface area (Å²) in [5.74, 6) is -1.91. The molecule has 2 aliphatic heterocycles.